The molecule has 2 atom stereocenters. The van der Waals surface area contributed by atoms with Gasteiger partial charge in [0.25, 0.3) is 0 Å². The van der Waals surface area contributed by atoms with E-state index in [2.05, 4.69) is 38.8 Å². The summed E-state index contributed by atoms with van der Waals surface area (Å²) in [6, 6.07) is 7.57. The number of nitrogens with two attached hydrogens (primary N) is 1. The van der Waals surface area contributed by atoms with Crippen molar-refractivity contribution in [1.82, 2.24) is 9.55 Å². The first-order chi connectivity index (χ1) is 9.84. The van der Waals surface area contributed by atoms with Crippen LogP contribution in [0.3, 0.4) is 0 Å². The van der Waals surface area contributed by atoms with Gasteiger partial charge in [0.1, 0.15) is 0 Å². The Kier molecular flexibility index (Phi) is 2.94. The summed E-state index contributed by atoms with van der Waals surface area (Å²) >= 11 is 0. The number of allylic oxidation sites excluding steroid dienone is 2. The monoisotopic (exact) mass is 283 g/mol. The van der Waals surface area contributed by atoms with Crippen molar-refractivity contribution in [3.8, 4) is 0 Å². The number of hydrogen-bond acceptors (Lipinski definition) is 3. The van der Waals surface area contributed by atoms with Crippen molar-refractivity contribution in [3.63, 3.8) is 0 Å². The number of aromatic nitrogens is 2. The fourth-order valence-electron chi connectivity index (χ4n) is 3.23. The summed E-state index contributed by atoms with van der Waals surface area (Å²) in [6.07, 6.45) is 2.19. The Balaban J connectivity index is 2.03. The van der Waals surface area contributed by atoms with Gasteiger partial charge in [-0.1, -0.05) is 37.6 Å². The van der Waals surface area contributed by atoms with Crippen LogP contribution in [0.5, 0.6) is 0 Å². The standard InChI is InChI=1S/C17H21N3O/c1-10(2)9-11-14(17(11,3)4)15(21)20-13-8-6-5-7-12(13)19-16(20)18/h5-9,11,14H,1-4H3,(H2,18,19). The lowest BCUT2D eigenvalue weighted by Gasteiger charge is -2.06. The summed E-state index contributed by atoms with van der Waals surface area (Å²) in [7, 11) is 0. The molecule has 0 aliphatic heterocycles. The molecule has 1 fully saturated rings. The van der Waals surface area contributed by atoms with Crippen molar-refractivity contribution in [2.75, 3.05) is 5.73 Å². The van der Waals surface area contributed by atoms with Crippen LogP contribution in [0.2, 0.25) is 0 Å². The topological polar surface area (TPSA) is 60.9 Å². The fourth-order valence-corrected chi connectivity index (χ4v) is 3.23. The van der Waals surface area contributed by atoms with Crippen LogP contribution in [0, 0.1) is 17.3 Å². The third kappa shape index (κ3) is 2.06. The van der Waals surface area contributed by atoms with Crippen molar-refractivity contribution in [2.45, 2.75) is 27.7 Å². The van der Waals surface area contributed by atoms with Gasteiger partial charge in [-0.05, 0) is 37.3 Å². The molecule has 1 saturated carbocycles. The maximum Gasteiger partial charge on any atom is 0.238 e. The van der Waals surface area contributed by atoms with E-state index >= 15 is 0 Å². The number of para-hydroxylation sites is 2. The van der Waals surface area contributed by atoms with Crippen LogP contribution in [-0.4, -0.2) is 15.5 Å². The maximum absolute atomic E-state index is 12.9. The fraction of sp³-hybridized carbons (Fsp3) is 0.412. The number of rotatable bonds is 2. The first-order valence-electron chi connectivity index (χ1n) is 7.26. The van der Waals surface area contributed by atoms with Gasteiger partial charge in [-0.25, -0.2) is 9.55 Å². The molecule has 21 heavy (non-hydrogen) atoms. The lowest BCUT2D eigenvalue weighted by molar-refractivity contribution is 0.0876. The van der Waals surface area contributed by atoms with E-state index in [1.807, 2.05) is 24.3 Å². The Labute approximate surface area is 124 Å². The first kappa shape index (κ1) is 13.9. The first-order valence-corrected chi connectivity index (χ1v) is 7.26. The van der Waals surface area contributed by atoms with Crippen molar-refractivity contribution in [2.24, 2.45) is 17.3 Å². The van der Waals surface area contributed by atoms with Crippen LogP contribution in [0.1, 0.15) is 32.5 Å². The minimum absolute atomic E-state index is 0.0217. The van der Waals surface area contributed by atoms with Gasteiger partial charge in [0.15, 0.2) is 0 Å². The highest BCUT2D eigenvalue weighted by atomic mass is 16.2. The second-order valence-corrected chi connectivity index (χ2v) is 6.70. The molecule has 1 aromatic carbocycles. The van der Waals surface area contributed by atoms with Crippen LogP contribution >= 0.6 is 0 Å². The van der Waals surface area contributed by atoms with Crippen molar-refractivity contribution in [1.29, 1.82) is 0 Å². The molecule has 4 nitrogen and oxygen atoms in total. The molecule has 1 aliphatic carbocycles. The Hall–Kier alpha value is -2.10. The molecule has 2 unspecified atom stereocenters. The SMILES string of the molecule is CC(C)=CC1C(C(=O)n2c(N)nc3ccccc32)C1(C)C. The van der Waals surface area contributed by atoms with Crippen LogP contribution in [0.4, 0.5) is 5.95 Å². The molecule has 4 heteroatoms. The zero-order valence-corrected chi connectivity index (χ0v) is 12.9. The number of hydrogen-bond donors (Lipinski definition) is 1. The van der Waals surface area contributed by atoms with Crippen LogP contribution in [-0.2, 0) is 0 Å². The Morgan fingerprint density at radius 1 is 1.33 bits per heavy atom. The minimum atomic E-state index is -0.0349. The lowest BCUT2D eigenvalue weighted by Crippen LogP contribution is -2.18. The quantitative estimate of drug-likeness (QED) is 0.858. The number of imidazole rings is 1. The van der Waals surface area contributed by atoms with Gasteiger partial charge < -0.3 is 5.73 Å². The van der Waals surface area contributed by atoms with Gasteiger partial charge in [0.05, 0.1) is 17.0 Å². The zero-order chi connectivity index (χ0) is 15.4. The third-order valence-corrected chi connectivity index (χ3v) is 4.50. The Bertz CT molecular complexity index is 750. The van der Waals surface area contributed by atoms with E-state index in [1.165, 1.54) is 5.57 Å². The lowest BCUT2D eigenvalue weighted by atomic mass is 10.1. The van der Waals surface area contributed by atoms with E-state index in [0.717, 1.165) is 11.0 Å². The molecule has 2 N–H and O–H groups in total. The van der Waals surface area contributed by atoms with E-state index in [9.17, 15) is 4.79 Å². The van der Waals surface area contributed by atoms with Crippen LogP contribution in [0.15, 0.2) is 35.9 Å². The molecule has 0 radical (unpaired) electrons. The Morgan fingerprint density at radius 2 is 2.00 bits per heavy atom. The normalized spacial score (nSPS) is 23.0. The molecule has 2 aromatic rings. The summed E-state index contributed by atoms with van der Waals surface area (Å²) < 4.78 is 1.57. The maximum atomic E-state index is 12.9. The molecule has 1 heterocycles. The predicted molar refractivity (Wildman–Crippen MR) is 85.0 cm³/mol. The molecule has 3 rings (SSSR count). The second-order valence-electron chi connectivity index (χ2n) is 6.70. The van der Waals surface area contributed by atoms with E-state index in [1.54, 1.807) is 4.57 Å². The second kappa shape index (κ2) is 4.45. The Morgan fingerprint density at radius 3 is 2.67 bits per heavy atom. The van der Waals surface area contributed by atoms with Gasteiger partial charge in [-0.15, -0.1) is 0 Å². The third-order valence-electron chi connectivity index (χ3n) is 4.50. The number of carbonyl (C=O) groups excluding carboxylic acids is 1. The summed E-state index contributed by atoms with van der Waals surface area (Å²) in [5, 5.41) is 0. The van der Waals surface area contributed by atoms with E-state index in [0.29, 0.717) is 0 Å². The van der Waals surface area contributed by atoms with Crippen molar-refractivity contribution >= 4 is 22.9 Å². The minimum Gasteiger partial charge on any atom is -0.369 e. The number of carbonyl (C=O) groups is 1. The van der Waals surface area contributed by atoms with E-state index < -0.39 is 0 Å². The van der Waals surface area contributed by atoms with E-state index in [4.69, 9.17) is 5.73 Å². The highest BCUT2D eigenvalue weighted by Gasteiger charge is 2.61. The number of anilines is 1. The molecule has 1 aromatic heterocycles. The number of nitrogens with zero attached hydrogens (tertiary/aromatic N) is 2. The zero-order valence-electron chi connectivity index (χ0n) is 12.9. The van der Waals surface area contributed by atoms with Crippen molar-refractivity contribution in [3.05, 3.63) is 35.9 Å². The highest BCUT2D eigenvalue weighted by molar-refractivity contribution is 5.96. The number of nitrogen functional groups attached to an aromatic ring is 1. The molecule has 110 valence electrons. The smallest absolute Gasteiger partial charge is 0.238 e. The van der Waals surface area contributed by atoms with Crippen LogP contribution < -0.4 is 5.73 Å². The average Bonchev–Trinajstić information content (AvgIpc) is 2.77. The molecule has 0 spiro atoms. The van der Waals surface area contributed by atoms with Gasteiger partial charge >= 0.3 is 0 Å². The average molecular weight is 283 g/mol. The van der Waals surface area contributed by atoms with Gasteiger partial charge in [0, 0.05) is 0 Å². The summed E-state index contributed by atoms with van der Waals surface area (Å²) in [5.74, 6) is 0.566. The van der Waals surface area contributed by atoms with Gasteiger partial charge in [-0.3, -0.25) is 4.79 Å². The van der Waals surface area contributed by atoms with Gasteiger partial charge in [-0.2, -0.15) is 0 Å². The molecule has 0 bridgehead atoms. The predicted octanol–water partition coefficient (Wildman–Crippen LogP) is 3.50. The summed E-state index contributed by atoms with van der Waals surface area (Å²) in [5.41, 5.74) is 8.75. The largest absolute Gasteiger partial charge is 0.369 e. The molecule has 1 aliphatic rings. The summed E-state index contributed by atoms with van der Waals surface area (Å²) in [4.78, 5) is 17.2. The summed E-state index contributed by atoms with van der Waals surface area (Å²) in [6.45, 7) is 8.40. The molecular formula is C17H21N3O. The van der Waals surface area contributed by atoms with Crippen molar-refractivity contribution < 1.29 is 4.79 Å². The molecular weight excluding hydrogens is 262 g/mol. The molecule has 0 amide bonds. The van der Waals surface area contributed by atoms with E-state index in [-0.39, 0.29) is 29.1 Å². The highest BCUT2D eigenvalue weighted by Crippen LogP contribution is 2.60. The number of benzene rings is 1. The number of fused-ring (bicyclic) bond motifs is 1. The van der Waals surface area contributed by atoms with Gasteiger partial charge in [0.2, 0.25) is 11.9 Å². The molecule has 0 saturated heterocycles. The van der Waals surface area contributed by atoms with Crippen LogP contribution in [0.25, 0.3) is 11.0 Å².